The van der Waals surface area contributed by atoms with Gasteiger partial charge in [0.05, 0.1) is 6.61 Å². The highest BCUT2D eigenvalue weighted by atomic mass is 16.5. The van der Waals surface area contributed by atoms with Crippen LogP contribution in [0.2, 0.25) is 0 Å². The molecule has 0 spiro atoms. The molecule has 0 aliphatic rings. The molecule has 20 heavy (non-hydrogen) atoms. The molecular weight excluding hydrogens is 244 g/mol. The number of rotatable bonds is 13. The van der Waals surface area contributed by atoms with Gasteiger partial charge in [-0.1, -0.05) is 95.0 Å². The molecule has 0 radical (unpaired) electrons. The Kier molecular flexibility index (Phi) is 11.4. The summed E-state index contributed by atoms with van der Waals surface area (Å²) in [7, 11) is 0. The highest BCUT2D eigenvalue weighted by molar-refractivity contribution is 5.13. The highest BCUT2D eigenvalue weighted by Gasteiger charge is 1.94. The van der Waals surface area contributed by atoms with E-state index < -0.39 is 0 Å². The summed E-state index contributed by atoms with van der Waals surface area (Å²) in [5, 5.41) is 0. The van der Waals surface area contributed by atoms with Gasteiger partial charge in [0, 0.05) is 6.61 Å². The molecule has 1 aromatic rings. The van der Waals surface area contributed by atoms with E-state index in [1.807, 2.05) is 6.07 Å². The van der Waals surface area contributed by atoms with Crippen LogP contribution in [-0.4, -0.2) is 6.61 Å². The van der Waals surface area contributed by atoms with Crippen molar-refractivity contribution in [2.75, 3.05) is 6.61 Å². The van der Waals surface area contributed by atoms with E-state index >= 15 is 0 Å². The maximum atomic E-state index is 5.69. The van der Waals surface area contributed by atoms with E-state index in [0.717, 1.165) is 13.2 Å². The van der Waals surface area contributed by atoms with Gasteiger partial charge in [-0.15, -0.1) is 0 Å². The fraction of sp³-hybridized carbons (Fsp3) is 0.684. The van der Waals surface area contributed by atoms with E-state index in [9.17, 15) is 0 Å². The van der Waals surface area contributed by atoms with Crippen LogP contribution in [0.4, 0.5) is 0 Å². The van der Waals surface area contributed by atoms with Crippen molar-refractivity contribution in [3.05, 3.63) is 35.9 Å². The lowest BCUT2D eigenvalue weighted by Crippen LogP contribution is -1.95. The first-order chi connectivity index (χ1) is 9.93. The van der Waals surface area contributed by atoms with Crippen molar-refractivity contribution in [2.24, 2.45) is 0 Å². The lowest BCUT2D eigenvalue weighted by Gasteiger charge is -2.04. The molecule has 0 saturated carbocycles. The number of hydrogen-bond acceptors (Lipinski definition) is 1. The number of ether oxygens (including phenoxy) is 1. The Morgan fingerprint density at radius 1 is 0.700 bits per heavy atom. The Labute approximate surface area is 125 Å². The first-order valence-electron chi connectivity index (χ1n) is 8.55. The SMILES string of the molecule is CCCCCCCCCCCCOCc1ccccc1. The lowest BCUT2D eigenvalue weighted by atomic mass is 10.1. The maximum absolute atomic E-state index is 5.69. The van der Waals surface area contributed by atoms with Crippen molar-refractivity contribution in [1.82, 2.24) is 0 Å². The van der Waals surface area contributed by atoms with Crippen LogP contribution in [0.5, 0.6) is 0 Å². The van der Waals surface area contributed by atoms with E-state index in [-0.39, 0.29) is 0 Å². The van der Waals surface area contributed by atoms with Crippen molar-refractivity contribution >= 4 is 0 Å². The molecule has 0 aliphatic carbocycles. The number of benzene rings is 1. The third kappa shape index (κ3) is 10.0. The Hall–Kier alpha value is -0.820. The first-order valence-corrected chi connectivity index (χ1v) is 8.55. The predicted octanol–water partition coefficient (Wildman–Crippen LogP) is 6.12. The largest absolute Gasteiger partial charge is 0.377 e. The fourth-order valence-electron chi connectivity index (χ4n) is 2.46. The van der Waals surface area contributed by atoms with Crippen LogP contribution in [0.1, 0.15) is 76.7 Å². The molecule has 0 atom stereocenters. The molecule has 0 bridgehead atoms. The van der Waals surface area contributed by atoms with Crippen LogP contribution in [-0.2, 0) is 11.3 Å². The van der Waals surface area contributed by atoms with Gasteiger partial charge in [0.15, 0.2) is 0 Å². The van der Waals surface area contributed by atoms with Crippen LogP contribution in [0.3, 0.4) is 0 Å². The first kappa shape index (κ1) is 17.2. The average molecular weight is 276 g/mol. The quantitative estimate of drug-likeness (QED) is 0.394. The zero-order valence-electron chi connectivity index (χ0n) is 13.3. The van der Waals surface area contributed by atoms with E-state index in [4.69, 9.17) is 4.74 Å². The summed E-state index contributed by atoms with van der Waals surface area (Å²) in [5.41, 5.74) is 1.28. The molecule has 1 heteroatoms. The fourth-order valence-corrected chi connectivity index (χ4v) is 2.46. The minimum atomic E-state index is 0.762. The minimum Gasteiger partial charge on any atom is -0.377 e. The second-order valence-electron chi connectivity index (χ2n) is 5.72. The summed E-state index contributed by atoms with van der Waals surface area (Å²) < 4.78 is 5.69. The minimum absolute atomic E-state index is 0.762. The van der Waals surface area contributed by atoms with Gasteiger partial charge >= 0.3 is 0 Å². The van der Waals surface area contributed by atoms with Crippen LogP contribution in [0.15, 0.2) is 30.3 Å². The molecule has 0 saturated heterocycles. The van der Waals surface area contributed by atoms with Gasteiger partial charge < -0.3 is 4.74 Å². The Morgan fingerprint density at radius 2 is 1.25 bits per heavy atom. The molecule has 0 fully saturated rings. The standard InChI is InChI=1S/C19H32O/c1-2-3-4-5-6-7-8-9-10-14-17-20-18-19-15-12-11-13-16-19/h11-13,15-16H,2-10,14,17-18H2,1H3. The summed E-state index contributed by atoms with van der Waals surface area (Å²) in [4.78, 5) is 0. The second-order valence-corrected chi connectivity index (χ2v) is 5.72. The zero-order valence-corrected chi connectivity index (χ0v) is 13.3. The average Bonchev–Trinajstić information content (AvgIpc) is 2.49. The van der Waals surface area contributed by atoms with Crippen LogP contribution >= 0.6 is 0 Å². The molecule has 0 aliphatic heterocycles. The highest BCUT2D eigenvalue weighted by Crippen LogP contribution is 2.10. The molecule has 0 aromatic heterocycles. The van der Waals surface area contributed by atoms with Gasteiger partial charge in [0.2, 0.25) is 0 Å². The van der Waals surface area contributed by atoms with E-state index in [1.165, 1.54) is 69.8 Å². The number of unbranched alkanes of at least 4 members (excludes halogenated alkanes) is 9. The third-order valence-electron chi connectivity index (χ3n) is 3.75. The normalized spacial score (nSPS) is 10.8. The number of hydrogen-bond donors (Lipinski definition) is 0. The molecule has 0 amide bonds. The van der Waals surface area contributed by atoms with Gasteiger partial charge in [-0.3, -0.25) is 0 Å². The lowest BCUT2D eigenvalue weighted by molar-refractivity contribution is 0.116. The van der Waals surface area contributed by atoms with Crippen LogP contribution < -0.4 is 0 Å². The van der Waals surface area contributed by atoms with Gasteiger partial charge in [-0.05, 0) is 12.0 Å². The van der Waals surface area contributed by atoms with Crippen LogP contribution in [0, 0.1) is 0 Å². The molecular formula is C19H32O. The van der Waals surface area contributed by atoms with Gasteiger partial charge in [-0.2, -0.15) is 0 Å². The van der Waals surface area contributed by atoms with Crippen molar-refractivity contribution in [3.63, 3.8) is 0 Å². The van der Waals surface area contributed by atoms with Gasteiger partial charge in [0.1, 0.15) is 0 Å². The summed E-state index contributed by atoms with van der Waals surface area (Å²) >= 11 is 0. The smallest absolute Gasteiger partial charge is 0.0716 e. The van der Waals surface area contributed by atoms with E-state index in [0.29, 0.717) is 0 Å². The van der Waals surface area contributed by atoms with Gasteiger partial charge in [0.25, 0.3) is 0 Å². The Morgan fingerprint density at radius 3 is 1.85 bits per heavy atom. The maximum Gasteiger partial charge on any atom is 0.0716 e. The topological polar surface area (TPSA) is 9.23 Å². The summed E-state index contributed by atoms with van der Waals surface area (Å²) in [5.74, 6) is 0. The molecule has 0 heterocycles. The Bertz CT molecular complexity index is 294. The third-order valence-corrected chi connectivity index (χ3v) is 3.75. The van der Waals surface area contributed by atoms with E-state index in [2.05, 4.69) is 31.2 Å². The van der Waals surface area contributed by atoms with Crippen molar-refractivity contribution in [3.8, 4) is 0 Å². The molecule has 0 unspecified atom stereocenters. The molecule has 0 N–H and O–H groups in total. The summed E-state index contributed by atoms with van der Waals surface area (Å²) in [6.07, 6.45) is 13.8. The Balaban J connectivity index is 1.77. The molecule has 1 rings (SSSR count). The molecule has 1 aromatic carbocycles. The molecule has 114 valence electrons. The van der Waals surface area contributed by atoms with Crippen LogP contribution in [0.25, 0.3) is 0 Å². The van der Waals surface area contributed by atoms with Crippen molar-refractivity contribution < 1.29 is 4.74 Å². The summed E-state index contributed by atoms with van der Waals surface area (Å²) in [6, 6.07) is 10.4. The molecule has 1 nitrogen and oxygen atoms in total. The predicted molar refractivity (Wildman–Crippen MR) is 87.9 cm³/mol. The van der Waals surface area contributed by atoms with Gasteiger partial charge in [-0.25, -0.2) is 0 Å². The summed E-state index contributed by atoms with van der Waals surface area (Å²) in [6.45, 7) is 3.95. The van der Waals surface area contributed by atoms with E-state index in [1.54, 1.807) is 0 Å². The van der Waals surface area contributed by atoms with Crippen molar-refractivity contribution in [1.29, 1.82) is 0 Å². The second kappa shape index (κ2) is 13.2. The zero-order chi connectivity index (χ0) is 14.3. The monoisotopic (exact) mass is 276 g/mol. The van der Waals surface area contributed by atoms with Crippen molar-refractivity contribution in [2.45, 2.75) is 77.7 Å².